The molecule has 1 atom stereocenters. The largest absolute Gasteiger partial charge is 0.394 e. The Morgan fingerprint density at radius 2 is 2.13 bits per heavy atom. The molecule has 1 fully saturated rings. The van der Waals surface area contributed by atoms with E-state index < -0.39 is 17.4 Å². The van der Waals surface area contributed by atoms with Crippen molar-refractivity contribution in [2.45, 2.75) is 44.6 Å². The molecule has 10 heteroatoms. The highest BCUT2D eigenvalue weighted by atomic mass is 19.1. The summed E-state index contributed by atoms with van der Waals surface area (Å²) in [7, 11) is 0. The first kappa shape index (κ1) is 19.4. The smallest absolute Gasteiger partial charge is 0.278 e. The van der Waals surface area contributed by atoms with E-state index in [1.165, 1.54) is 27.4 Å². The molecule has 0 saturated heterocycles. The van der Waals surface area contributed by atoms with Crippen molar-refractivity contribution in [3.05, 3.63) is 46.1 Å². The van der Waals surface area contributed by atoms with Crippen molar-refractivity contribution in [2.75, 3.05) is 6.61 Å². The highest BCUT2D eigenvalue weighted by molar-refractivity contribution is 5.87. The second-order valence-corrected chi connectivity index (χ2v) is 7.86. The van der Waals surface area contributed by atoms with Gasteiger partial charge in [0.05, 0.1) is 23.7 Å². The highest BCUT2D eigenvalue weighted by Crippen LogP contribution is 2.34. The van der Waals surface area contributed by atoms with Crippen LogP contribution >= 0.6 is 0 Å². The summed E-state index contributed by atoms with van der Waals surface area (Å²) in [4.78, 5) is 22.3. The van der Waals surface area contributed by atoms with Gasteiger partial charge in [0.25, 0.3) is 5.56 Å². The van der Waals surface area contributed by atoms with Crippen LogP contribution in [-0.2, 0) is 0 Å². The molecule has 0 spiro atoms. The molecule has 158 valence electrons. The lowest BCUT2D eigenvalue weighted by atomic mass is 10.1. The van der Waals surface area contributed by atoms with Crippen molar-refractivity contribution >= 4 is 16.6 Å². The van der Waals surface area contributed by atoms with Crippen LogP contribution in [0.4, 0.5) is 4.39 Å². The Morgan fingerprint density at radius 1 is 1.35 bits per heavy atom. The number of nitriles is 1. The number of benzene rings is 1. The Kier molecular flexibility index (Phi) is 4.55. The van der Waals surface area contributed by atoms with E-state index in [2.05, 4.69) is 15.1 Å². The van der Waals surface area contributed by atoms with Crippen LogP contribution in [0.1, 0.15) is 56.0 Å². The van der Waals surface area contributed by atoms with E-state index in [1.54, 1.807) is 6.92 Å². The number of fused-ring (bicyclic) bond motifs is 3. The van der Waals surface area contributed by atoms with Gasteiger partial charge in [-0.1, -0.05) is 18.0 Å². The van der Waals surface area contributed by atoms with Gasteiger partial charge in [0.15, 0.2) is 0 Å². The molecule has 1 N–H and O–H groups in total. The third-order valence-electron chi connectivity index (χ3n) is 5.97. The predicted molar refractivity (Wildman–Crippen MR) is 108 cm³/mol. The fraction of sp³-hybridized carbons (Fsp3) is 0.381. The summed E-state index contributed by atoms with van der Waals surface area (Å²) in [5, 5.41) is 23.3. The summed E-state index contributed by atoms with van der Waals surface area (Å²) in [6.07, 6.45) is 5.62. The molecule has 1 unspecified atom stereocenters. The second kappa shape index (κ2) is 7.28. The number of aromatic nitrogens is 5. The summed E-state index contributed by atoms with van der Waals surface area (Å²) < 4.78 is 22.5. The molecule has 1 aliphatic rings. The van der Waals surface area contributed by atoms with E-state index in [1.807, 2.05) is 6.07 Å². The molecule has 31 heavy (non-hydrogen) atoms. The van der Waals surface area contributed by atoms with Crippen LogP contribution in [0.15, 0.2) is 27.8 Å². The molecule has 3 heterocycles. The Labute approximate surface area is 175 Å². The molecule has 0 radical (unpaired) electrons. The maximum absolute atomic E-state index is 14.4. The maximum atomic E-state index is 14.4. The molecule has 1 saturated carbocycles. The van der Waals surface area contributed by atoms with Gasteiger partial charge >= 0.3 is 0 Å². The third kappa shape index (κ3) is 2.84. The third-order valence-corrected chi connectivity index (χ3v) is 5.97. The van der Waals surface area contributed by atoms with Crippen LogP contribution in [0, 0.1) is 17.1 Å². The summed E-state index contributed by atoms with van der Waals surface area (Å²) >= 11 is 0. The van der Waals surface area contributed by atoms with Crippen LogP contribution in [0.25, 0.3) is 28.1 Å². The lowest BCUT2D eigenvalue weighted by Crippen LogP contribution is -2.28. The normalized spacial score (nSPS) is 15.7. The van der Waals surface area contributed by atoms with Gasteiger partial charge in [-0.25, -0.2) is 9.37 Å². The average Bonchev–Trinajstić information content (AvgIpc) is 3.53. The van der Waals surface area contributed by atoms with E-state index in [4.69, 9.17) is 4.52 Å². The molecule has 1 aromatic carbocycles. The summed E-state index contributed by atoms with van der Waals surface area (Å²) in [5.74, 6) is 0.203. The molecular weight excluding hydrogens is 403 g/mol. The number of aliphatic hydroxyl groups excluding tert-OH is 1. The minimum Gasteiger partial charge on any atom is -0.394 e. The van der Waals surface area contributed by atoms with Crippen molar-refractivity contribution in [3.63, 3.8) is 0 Å². The van der Waals surface area contributed by atoms with Crippen LogP contribution in [-0.4, -0.2) is 35.8 Å². The molecule has 1 aliphatic carbocycles. The van der Waals surface area contributed by atoms with Gasteiger partial charge in [0.2, 0.25) is 11.7 Å². The summed E-state index contributed by atoms with van der Waals surface area (Å²) in [5.41, 5.74) is 0.117. The first-order chi connectivity index (χ1) is 15.0. The van der Waals surface area contributed by atoms with Crippen molar-refractivity contribution in [1.82, 2.24) is 24.1 Å². The van der Waals surface area contributed by atoms with E-state index in [9.17, 15) is 19.6 Å². The van der Waals surface area contributed by atoms with Gasteiger partial charge in [-0.05, 0) is 31.9 Å². The molecule has 0 amide bonds. The van der Waals surface area contributed by atoms with Gasteiger partial charge in [-0.15, -0.1) is 0 Å². The van der Waals surface area contributed by atoms with Crippen molar-refractivity contribution in [1.29, 1.82) is 5.26 Å². The average molecular weight is 422 g/mol. The maximum Gasteiger partial charge on any atom is 0.278 e. The molecular formula is C21H19FN6O3. The number of aliphatic hydroxyl groups is 1. The van der Waals surface area contributed by atoms with Gasteiger partial charge in [-0.3, -0.25) is 13.8 Å². The minimum atomic E-state index is -0.743. The molecule has 4 aromatic rings. The molecule has 0 bridgehead atoms. The molecule has 3 aromatic heterocycles. The van der Waals surface area contributed by atoms with E-state index >= 15 is 0 Å². The quantitative estimate of drug-likeness (QED) is 0.536. The Hall–Kier alpha value is -3.58. The number of nitrogens with zero attached hydrogens (tertiary/aromatic N) is 6. The van der Waals surface area contributed by atoms with Crippen LogP contribution in [0.3, 0.4) is 0 Å². The fourth-order valence-corrected chi connectivity index (χ4v) is 4.39. The zero-order valence-corrected chi connectivity index (χ0v) is 16.7. The standard InChI is InChI=1S/C21H19FN6O3/c1-11(9-29)28-17-13(8-23)14(22)6-7-15(17)27-10-24-16(18(27)21(28)30)19-25-20(31-26-19)12-4-2-3-5-12/h6-7,10-12,29H,2-5,9H2,1H3. The van der Waals surface area contributed by atoms with Crippen molar-refractivity contribution in [3.8, 4) is 17.6 Å². The van der Waals surface area contributed by atoms with Gasteiger partial charge in [-0.2, -0.15) is 10.2 Å². The van der Waals surface area contributed by atoms with Crippen molar-refractivity contribution < 1.29 is 14.0 Å². The number of hydrogen-bond donors (Lipinski definition) is 1. The van der Waals surface area contributed by atoms with Crippen LogP contribution < -0.4 is 5.56 Å². The monoisotopic (exact) mass is 422 g/mol. The molecule has 0 aliphatic heterocycles. The topological polar surface area (TPSA) is 122 Å². The Bertz CT molecular complexity index is 1410. The zero-order valence-electron chi connectivity index (χ0n) is 16.7. The zero-order chi connectivity index (χ0) is 21.7. The molecule has 9 nitrogen and oxygen atoms in total. The van der Waals surface area contributed by atoms with E-state index in [-0.39, 0.29) is 40.6 Å². The first-order valence-electron chi connectivity index (χ1n) is 10.1. The van der Waals surface area contributed by atoms with Gasteiger partial charge in [0.1, 0.15) is 35.0 Å². The summed E-state index contributed by atoms with van der Waals surface area (Å²) in [6.45, 7) is 1.25. The first-order valence-corrected chi connectivity index (χ1v) is 10.1. The Morgan fingerprint density at radius 3 is 2.84 bits per heavy atom. The lowest BCUT2D eigenvalue weighted by Gasteiger charge is -2.18. The second-order valence-electron chi connectivity index (χ2n) is 7.86. The highest BCUT2D eigenvalue weighted by Gasteiger charge is 2.27. The van der Waals surface area contributed by atoms with E-state index in [0.717, 1.165) is 25.7 Å². The predicted octanol–water partition coefficient (Wildman–Crippen LogP) is 2.92. The Balaban J connectivity index is 1.82. The van der Waals surface area contributed by atoms with Crippen molar-refractivity contribution in [2.24, 2.45) is 0 Å². The number of rotatable bonds is 4. The lowest BCUT2D eigenvalue weighted by molar-refractivity contribution is 0.239. The van der Waals surface area contributed by atoms with E-state index in [0.29, 0.717) is 11.4 Å². The molecule has 5 rings (SSSR count). The van der Waals surface area contributed by atoms with Crippen LogP contribution in [0.2, 0.25) is 0 Å². The number of halogens is 1. The van der Waals surface area contributed by atoms with Crippen LogP contribution in [0.5, 0.6) is 0 Å². The van der Waals surface area contributed by atoms with Gasteiger partial charge in [0, 0.05) is 5.92 Å². The minimum absolute atomic E-state index is 0.102. The van der Waals surface area contributed by atoms with Gasteiger partial charge < -0.3 is 9.63 Å². The number of hydrogen-bond acceptors (Lipinski definition) is 7. The summed E-state index contributed by atoms with van der Waals surface area (Å²) in [6, 6.07) is 3.78. The number of imidazole rings is 1. The SMILES string of the molecule is CC(CO)n1c(=O)c2c(-c3noc(C4CCCC4)n3)ncn2c2ccc(F)c(C#N)c21. The fourth-order valence-electron chi connectivity index (χ4n) is 4.39.